The minimum atomic E-state index is -2.89. The van der Waals surface area contributed by atoms with Crippen molar-refractivity contribution in [2.75, 3.05) is 25.1 Å². The van der Waals surface area contributed by atoms with Crippen molar-refractivity contribution >= 4 is 21.6 Å². The summed E-state index contributed by atoms with van der Waals surface area (Å²) in [5.74, 6) is -0.544. The monoisotopic (exact) mass is 331 g/mol. The highest BCUT2D eigenvalue weighted by atomic mass is 32.2. The Balaban J connectivity index is 1.93. The van der Waals surface area contributed by atoms with Crippen molar-refractivity contribution in [1.82, 2.24) is 4.90 Å². The lowest BCUT2D eigenvalue weighted by Crippen LogP contribution is -2.58. The first-order chi connectivity index (χ1) is 10.2. The molecule has 0 spiro atoms. The number of nitrogens with two attached hydrogens (primary N) is 1. The van der Waals surface area contributed by atoms with E-state index in [1.54, 1.807) is 11.9 Å². The fourth-order valence-electron chi connectivity index (χ4n) is 3.56. The molecule has 2 aliphatic rings. The molecule has 1 amide bonds. The largest absolute Gasteiger partial charge is 0.480 e. The molecule has 1 aliphatic heterocycles. The topological polar surface area (TPSA) is 125 Å². The molecule has 8 heteroatoms. The Morgan fingerprint density at radius 3 is 2.77 bits per heavy atom. The lowest BCUT2D eigenvalue weighted by molar-refractivity contribution is -0.160. The van der Waals surface area contributed by atoms with Crippen molar-refractivity contribution in [3.8, 4) is 0 Å². The average Bonchev–Trinajstić information content (AvgIpc) is 2.42. The van der Waals surface area contributed by atoms with E-state index in [0.29, 0.717) is 12.3 Å². The Bertz CT molecular complexity index is 562. The van der Waals surface area contributed by atoms with Crippen molar-refractivity contribution in [3.05, 3.63) is 0 Å². The molecule has 0 bridgehead atoms. The van der Waals surface area contributed by atoms with E-state index in [0.717, 1.165) is 25.8 Å². The van der Waals surface area contributed by atoms with Crippen molar-refractivity contribution in [3.63, 3.8) is 0 Å². The number of carboxylic acids is 1. The lowest BCUT2D eigenvalue weighted by atomic mass is 9.55. The minimum absolute atomic E-state index is 0.0226. The van der Waals surface area contributed by atoms with E-state index >= 15 is 0 Å². The summed E-state index contributed by atoms with van der Waals surface area (Å²) in [6.45, 7) is 0.773. The Labute approximate surface area is 131 Å². The van der Waals surface area contributed by atoms with Crippen molar-refractivity contribution in [2.24, 2.45) is 17.1 Å². The van der Waals surface area contributed by atoms with Gasteiger partial charge in [0.05, 0.1) is 5.41 Å². The fourth-order valence-corrected chi connectivity index (χ4v) is 5.09. The highest BCUT2D eigenvalue weighted by Gasteiger charge is 2.55. The fraction of sp³-hybridized carbons (Fsp3) is 0.857. The van der Waals surface area contributed by atoms with Crippen LogP contribution >= 0.6 is 0 Å². The second-order valence-corrected chi connectivity index (χ2v) is 9.05. The van der Waals surface area contributed by atoms with Crippen LogP contribution in [0.15, 0.2) is 0 Å². The molecule has 22 heavy (non-hydrogen) atoms. The summed E-state index contributed by atoms with van der Waals surface area (Å²) < 4.78 is 20.2. The molecule has 1 saturated carbocycles. The van der Waals surface area contributed by atoms with Crippen LogP contribution in [0.1, 0.15) is 32.1 Å². The van der Waals surface area contributed by atoms with E-state index in [1.807, 2.05) is 0 Å². The van der Waals surface area contributed by atoms with E-state index in [-0.39, 0.29) is 23.8 Å². The second kappa shape index (κ2) is 6.16. The smallest absolute Gasteiger partial charge is 0.320 e. The van der Waals surface area contributed by atoms with Gasteiger partial charge in [0.1, 0.15) is 6.04 Å². The maximum absolute atomic E-state index is 12.5. The molecule has 1 saturated heterocycles. The van der Waals surface area contributed by atoms with Gasteiger partial charge in [0.2, 0.25) is 5.91 Å². The molecule has 7 nitrogen and oxygen atoms in total. The predicted molar refractivity (Wildman–Crippen MR) is 82.9 cm³/mol. The molecule has 3 unspecified atom stereocenters. The van der Waals surface area contributed by atoms with E-state index in [9.17, 15) is 13.8 Å². The summed E-state index contributed by atoms with van der Waals surface area (Å²) in [7, 11) is -1.10. The number of carbonyl (C=O) groups is 2. The van der Waals surface area contributed by atoms with Crippen LogP contribution in [0, 0.1) is 16.1 Å². The molecule has 1 heterocycles. The van der Waals surface area contributed by atoms with Gasteiger partial charge in [-0.1, -0.05) is 0 Å². The molecule has 0 aromatic rings. The standard InChI is InChI=1S/C14H25N3O4S/c1-17-7-3-10-2-5-14(10,13(17)20)6-9-22(16,21)8-4-11(15)12(18)19/h10-11,16H,2-9,15H2,1H3,(H,18,19)/t10?,11-,14?,22?/m0/s1. The van der Waals surface area contributed by atoms with Gasteiger partial charge in [-0.05, 0) is 38.0 Å². The van der Waals surface area contributed by atoms with Gasteiger partial charge < -0.3 is 15.7 Å². The number of nitrogens with zero attached hydrogens (tertiary/aromatic N) is 1. The van der Waals surface area contributed by atoms with Crippen molar-refractivity contribution in [1.29, 1.82) is 4.78 Å². The third kappa shape index (κ3) is 3.27. The predicted octanol–water partition coefficient (Wildman–Crippen LogP) is 0.484. The van der Waals surface area contributed by atoms with Gasteiger partial charge in [-0.2, -0.15) is 0 Å². The molecule has 1 aliphatic carbocycles. The SMILES string of the molecule is CN1CCC2CCC2(CCS(=N)(=O)CC[C@H](N)C(=O)O)C1=O. The number of amides is 1. The van der Waals surface area contributed by atoms with E-state index < -0.39 is 27.2 Å². The van der Waals surface area contributed by atoms with Crippen molar-refractivity contribution in [2.45, 2.75) is 38.1 Å². The Morgan fingerprint density at radius 2 is 2.23 bits per heavy atom. The molecule has 4 N–H and O–H groups in total. The summed E-state index contributed by atoms with van der Waals surface area (Å²) in [5.41, 5.74) is 4.97. The van der Waals surface area contributed by atoms with Crippen LogP contribution in [0.3, 0.4) is 0 Å². The van der Waals surface area contributed by atoms with Crippen LogP contribution < -0.4 is 5.73 Å². The van der Waals surface area contributed by atoms with Crippen LogP contribution in [0.4, 0.5) is 0 Å². The number of likely N-dealkylation sites (tertiary alicyclic amines) is 1. The van der Waals surface area contributed by atoms with Crippen molar-refractivity contribution < 1.29 is 18.9 Å². The molecular formula is C14H25N3O4S. The summed E-state index contributed by atoms with van der Waals surface area (Å²) >= 11 is 0. The van der Waals surface area contributed by atoms with Gasteiger partial charge in [-0.3, -0.25) is 14.4 Å². The van der Waals surface area contributed by atoms with Gasteiger partial charge in [-0.25, -0.2) is 4.21 Å². The van der Waals surface area contributed by atoms with Gasteiger partial charge >= 0.3 is 5.97 Å². The van der Waals surface area contributed by atoms with Gasteiger partial charge in [0, 0.05) is 34.8 Å². The molecule has 4 atom stereocenters. The lowest BCUT2D eigenvalue weighted by Gasteiger charge is -2.54. The first-order valence-electron chi connectivity index (χ1n) is 7.66. The summed E-state index contributed by atoms with van der Waals surface area (Å²) in [4.78, 5) is 24.9. The molecule has 126 valence electrons. The Kier molecular flexibility index (Phi) is 4.81. The van der Waals surface area contributed by atoms with Crippen LogP contribution in [0.5, 0.6) is 0 Å². The Hall–Kier alpha value is -1.15. The Morgan fingerprint density at radius 1 is 1.55 bits per heavy atom. The highest BCUT2D eigenvalue weighted by molar-refractivity contribution is 7.92. The van der Waals surface area contributed by atoms with Gasteiger partial charge in [0.15, 0.2) is 0 Å². The second-order valence-electron chi connectivity index (χ2n) is 6.61. The number of carbonyl (C=O) groups excluding carboxylic acids is 1. The quantitative estimate of drug-likeness (QED) is 0.626. The highest BCUT2D eigenvalue weighted by Crippen LogP contribution is 2.54. The molecule has 2 fully saturated rings. The summed E-state index contributed by atoms with van der Waals surface area (Å²) in [6.07, 6.45) is 3.31. The number of rotatable bonds is 7. The molecule has 0 aromatic heterocycles. The third-order valence-electron chi connectivity index (χ3n) is 5.26. The number of aliphatic carboxylic acids is 1. The van der Waals surface area contributed by atoms with E-state index in [2.05, 4.69) is 0 Å². The maximum Gasteiger partial charge on any atom is 0.320 e. The van der Waals surface area contributed by atoms with Gasteiger partial charge in [0.25, 0.3) is 0 Å². The average molecular weight is 331 g/mol. The molecule has 0 aromatic carbocycles. The van der Waals surface area contributed by atoms with Crippen LogP contribution in [-0.4, -0.2) is 57.2 Å². The number of hydrogen-bond acceptors (Lipinski definition) is 5. The van der Waals surface area contributed by atoms with E-state index in [1.165, 1.54) is 0 Å². The first-order valence-corrected chi connectivity index (χ1v) is 9.56. The zero-order chi connectivity index (χ0) is 16.5. The van der Waals surface area contributed by atoms with Crippen LogP contribution in [0.25, 0.3) is 0 Å². The third-order valence-corrected chi connectivity index (χ3v) is 7.02. The summed E-state index contributed by atoms with van der Waals surface area (Å²) in [5, 5.41) is 8.73. The normalized spacial score (nSPS) is 31.8. The van der Waals surface area contributed by atoms with Crippen LogP contribution in [-0.2, 0) is 19.3 Å². The zero-order valence-electron chi connectivity index (χ0n) is 12.9. The number of nitrogens with one attached hydrogen (secondary N) is 1. The number of piperidine rings is 1. The zero-order valence-corrected chi connectivity index (χ0v) is 13.7. The first kappa shape index (κ1) is 17.2. The van der Waals surface area contributed by atoms with Gasteiger partial charge in [-0.15, -0.1) is 0 Å². The molecule has 2 rings (SSSR count). The number of fused-ring (bicyclic) bond motifs is 1. The molecule has 0 radical (unpaired) electrons. The molecular weight excluding hydrogens is 306 g/mol. The summed E-state index contributed by atoms with van der Waals surface area (Å²) in [6, 6.07) is -1.08. The number of hydrogen-bond donors (Lipinski definition) is 3. The van der Waals surface area contributed by atoms with E-state index in [4.69, 9.17) is 15.6 Å². The minimum Gasteiger partial charge on any atom is -0.480 e. The number of carboxylic acid groups (broad SMARTS) is 1. The maximum atomic E-state index is 12.5. The van der Waals surface area contributed by atoms with Crippen LogP contribution in [0.2, 0.25) is 0 Å².